The summed E-state index contributed by atoms with van der Waals surface area (Å²) in [4.78, 5) is 23.7. The molecule has 3 aromatic rings. The molecule has 0 aliphatic carbocycles. The lowest BCUT2D eigenvalue weighted by Gasteiger charge is -2.09. The normalized spacial score (nSPS) is 11.4. The molecule has 0 amide bonds. The van der Waals surface area contributed by atoms with Gasteiger partial charge < -0.3 is 9.84 Å². The molecule has 0 atom stereocenters. The highest BCUT2D eigenvalue weighted by atomic mass is 32.2. The maximum atomic E-state index is 12.9. The van der Waals surface area contributed by atoms with Crippen LogP contribution in [0.25, 0.3) is 5.69 Å². The van der Waals surface area contributed by atoms with Gasteiger partial charge in [-0.1, -0.05) is 11.6 Å². The molecule has 0 bridgehead atoms. The van der Waals surface area contributed by atoms with E-state index in [1.54, 1.807) is 19.1 Å². The average molecular weight is 457 g/mol. The fourth-order valence-corrected chi connectivity index (χ4v) is 3.48. The molecule has 1 heterocycles. The van der Waals surface area contributed by atoms with E-state index in [1.165, 1.54) is 31.4 Å². The Morgan fingerprint density at radius 2 is 1.94 bits per heavy atom. The quantitative estimate of drug-likeness (QED) is 0.372. The van der Waals surface area contributed by atoms with Gasteiger partial charge in [0.15, 0.2) is 11.4 Å². The molecule has 1 aromatic heterocycles. The van der Waals surface area contributed by atoms with Crippen molar-refractivity contribution in [3.8, 4) is 17.5 Å². The lowest BCUT2D eigenvalue weighted by atomic mass is 10.1. The highest BCUT2D eigenvalue weighted by Crippen LogP contribution is 2.27. The highest BCUT2D eigenvalue weighted by molar-refractivity contribution is 7.86. The second kappa shape index (κ2) is 8.46. The van der Waals surface area contributed by atoms with E-state index in [2.05, 4.69) is 15.3 Å². The summed E-state index contributed by atoms with van der Waals surface area (Å²) >= 11 is 0. The number of nitrogens with zero attached hydrogens (tertiary/aromatic N) is 4. The predicted octanol–water partition coefficient (Wildman–Crippen LogP) is 2.71. The number of carboxylic acids is 1. The van der Waals surface area contributed by atoms with Crippen LogP contribution >= 0.6 is 0 Å². The van der Waals surface area contributed by atoms with Crippen molar-refractivity contribution in [2.75, 3.05) is 7.11 Å². The average Bonchev–Trinajstić information content (AvgIpc) is 3.07. The van der Waals surface area contributed by atoms with Crippen LogP contribution in [0, 0.1) is 18.3 Å². The topological polar surface area (TPSA) is 187 Å². The zero-order valence-electron chi connectivity index (χ0n) is 16.6. The fraction of sp³-hybridized carbons (Fsp3) is 0.105. The van der Waals surface area contributed by atoms with Crippen molar-refractivity contribution < 1.29 is 27.6 Å². The molecule has 0 radical (unpaired) electrons. The van der Waals surface area contributed by atoms with Gasteiger partial charge in [0.2, 0.25) is 0 Å². The van der Waals surface area contributed by atoms with Crippen molar-refractivity contribution in [2.45, 2.75) is 11.8 Å². The second-order valence-electron chi connectivity index (χ2n) is 6.42. The number of nitrogens with one attached hydrogen (secondary N) is 1. The molecular weight excluding hydrogens is 442 g/mol. The Morgan fingerprint density at radius 3 is 2.53 bits per heavy atom. The largest absolute Gasteiger partial charge is 0.497 e. The van der Waals surface area contributed by atoms with Gasteiger partial charge in [-0.15, -0.1) is 10.2 Å². The number of hydrogen-bond acceptors (Lipinski definition) is 8. The first-order valence-corrected chi connectivity index (χ1v) is 10.2. The maximum Gasteiger partial charge on any atom is 0.337 e. The number of aromatic amines is 1. The number of carboxylic acid groups (broad SMARTS) is 1. The van der Waals surface area contributed by atoms with Gasteiger partial charge in [0.25, 0.3) is 10.1 Å². The summed E-state index contributed by atoms with van der Waals surface area (Å²) in [6.45, 7) is 1.69. The number of carbonyl (C=O) groups is 1. The molecule has 0 spiro atoms. The molecule has 0 fully saturated rings. The van der Waals surface area contributed by atoms with Crippen molar-refractivity contribution in [3.05, 3.63) is 63.6 Å². The maximum absolute atomic E-state index is 12.9. The smallest absolute Gasteiger partial charge is 0.337 e. The lowest BCUT2D eigenvalue weighted by molar-refractivity contribution is 0.0697. The molecule has 0 aliphatic heterocycles. The molecule has 2 aromatic carbocycles. The summed E-state index contributed by atoms with van der Waals surface area (Å²) < 4.78 is 38.8. The van der Waals surface area contributed by atoms with Crippen LogP contribution < -0.4 is 10.3 Å². The summed E-state index contributed by atoms with van der Waals surface area (Å²) in [5.74, 6) is -1.16. The number of ether oxygens (including phenoxy) is 1. The minimum Gasteiger partial charge on any atom is -0.497 e. The summed E-state index contributed by atoms with van der Waals surface area (Å²) in [7, 11) is -3.49. The van der Waals surface area contributed by atoms with Crippen LogP contribution in [0.1, 0.15) is 21.6 Å². The SMILES string of the molecule is COc1ccc(-n2[nH]c(C#N)c(N=Nc3ccc(C)cc3C(=O)O)c2=O)c(S(=O)(=O)O)c1. The van der Waals surface area contributed by atoms with E-state index in [4.69, 9.17) is 4.74 Å². The van der Waals surface area contributed by atoms with Crippen LogP contribution in [-0.2, 0) is 10.1 Å². The first-order valence-electron chi connectivity index (χ1n) is 8.73. The van der Waals surface area contributed by atoms with Gasteiger partial charge in [-0.3, -0.25) is 14.4 Å². The van der Waals surface area contributed by atoms with Crippen molar-refractivity contribution in [2.24, 2.45) is 10.2 Å². The highest BCUT2D eigenvalue weighted by Gasteiger charge is 2.23. The van der Waals surface area contributed by atoms with E-state index in [-0.39, 0.29) is 28.4 Å². The molecule has 0 unspecified atom stereocenters. The molecule has 164 valence electrons. The first kappa shape index (κ1) is 22.4. The van der Waals surface area contributed by atoms with Crippen molar-refractivity contribution in [1.29, 1.82) is 5.26 Å². The number of H-pyrrole nitrogens is 1. The van der Waals surface area contributed by atoms with Crippen LogP contribution in [0.3, 0.4) is 0 Å². The molecule has 0 saturated heterocycles. The Labute approximate surface area is 180 Å². The van der Waals surface area contributed by atoms with Crippen LogP contribution in [0.15, 0.2) is 56.3 Å². The van der Waals surface area contributed by atoms with Crippen molar-refractivity contribution in [1.82, 2.24) is 9.78 Å². The van der Waals surface area contributed by atoms with Gasteiger partial charge in [-0.2, -0.15) is 13.7 Å². The van der Waals surface area contributed by atoms with E-state index >= 15 is 0 Å². The van der Waals surface area contributed by atoms with E-state index in [9.17, 15) is 32.9 Å². The number of methoxy groups -OCH3 is 1. The molecule has 0 saturated carbocycles. The monoisotopic (exact) mass is 457 g/mol. The van der Waals surface area contributed by atoms with Crippen molar-refractivity contribution >= 4 is 27.5 Å². The van der Waals surface area contributed by atoms with E-state index < -0.39 is 32.2 Å². The summed E-state index contributed by atoms with van der Waals surface area (Å²) in [5.41, 5.74) is -1.64. The number of aromatic carboxylic acids is 1. The predicted molar refractivity (Wildman–Crippen MR) is 110 cm³/mol. The zero-order valence-corrected chi connectivity index (χ0v) is 17.4. The van der Waals surface area contributed by atoms with E-state index in [0.29, 0.717) is 10.2 Å². The Balaban J connectivity index is 2.19. The number of azo groups is 1. The van der Waals surface area contributed by atoms with E-state index in [0.717, 1.165) is 6.07 Å². The number of rotatable bonds is 6. The number of hydrogen-bond donors (Lipinski definition) is 3. The lowest BCUT2D eigenvalue weighted by Crippen LogP contribution is -2.17. The zero-order chi connectivity index (χ0) is 23.6. The van der Waals surface area contributed by atoms with Gasteiger partial charge >= 0.3 is 11.5 Å². The molecule has 32 heavy (non-hydrogen) atoms. The Bertz CT molecular complexity index is 1460. The summed E-state index contributed by atoms with van der Waals surface area (Å²) in [6, 6.07) is 9.58. The van der Waals surface area contributed by atoms with Gasteiger partial charge in [0.1, 0.15) is 22.4 Å². The number of aromatic nitrogens is 2. The molecule has 12 nitrogen and oxygen atoms in total. The van der Waals surface area contributed by atoms with Gasteiger partial charge in [-0.05, 0) is 31.2 Å². The third-order valence-corrected chi connectivity index (χ3v) is 5.19. The van der Waals surface area contributed by atoms with Crippen LogP contribution in [0.4, 0.5) is 11.4 Å². The number of benzene rings is 2. The minimum atomic E-state index is -4.78. The summed E-state index contributed by atoms with van der Waals surface area (Å²) in [5, 5.41) is 28.6. The standard InChI is InChI=1S/C19H15N5O7S/c1-10-3-5-13(12(7-10)19(26)27)21-22-17-14(9-20)23-24(18(17)25)15-6-4-11(31-2)8-16(15)32(28,29)30/h3-8,23H,1-2H3,(H,26,27)(H,28,29,30). The molecule has 3 rings (SSSR count). The second-order valence-corrected chi connectivity index (χ2v) is 7.81. The molecule has 0 aliphatic rings. The number of aryl methyl sites for hydroxylation is 1. The summed E-state index contributed by atoms with van der Waals surface area (Å²) in [6.07, 6.45) is 0. The van der Waals surface area contributed by atoms with Crippen LogP contribution in [0.2, 0.25) is 0 Å². The fourth-order valence-electron chi connectivity index (χ4n) is 2.79. The molecule has 13 heteroatoms. The van der Waals surface area contributed by atoms with Gasteiger partial charge in [-0.25, -0.2) is 9.48 Å². The third kappa shape index (κ3) is 4.26. The Morgan fingerprint density at radius 1 is 1.22 bits per heavy atom. The first-order chi connectivity index (χ1) is 15.1. The van der Waals surface area contributed by atoms with Gasteiger partial charge in [0, 0.05) is 6.07 Å². The minimum absolute atomic E-state index is 0.0535. The molecular formula is C19H15N5O7S. The Hall–Kier alpha value is -4.28. The van der Waals surface area contributed by atoms with E-state index in [1.807, 2.05) is 0 Å². The van der Waals surface area contributed by atoms with Crippen LogP contribution in [-0.4, -0.2) is 40.9 Å². The number of nitriles is 1. The van der Waals surface area contributed by atoms with Crippen molar-refractivity contribution in [3.63, 3.8) is 0 Å². The van der Waals surface area contributed by atoms with Crippen LogP contribution in [0.5, 0.6) is 5.75 Å². The van der Waals surface area contributed by atoms with Gasteiger partial charge in [0.05, 0.1) is 18.4 Å². The molecule has 3 N–H and O–H groups in total. The Kier molecular flexibility index (Phi) is 5.92. The third-order valence-electron chi connectivity index (χ3n) is 4.30.